The van der Waals surface area contributed by atoms with Gasteiger partial charge < -0.3 is 5.73 Å². The van der Waals surface area contributed by atoms with Gasteiger partial charge in [-0.15, -0.1) is 0 Å². The second-order valence-electron chi connectivity index (χ2n) is 4.84. The van der Waals surface area contributed by atoms with Gasteiger partial charge in [-0.2, -0.15) is 4.57 Å². The van der Waals surface area contributed by atoms with E-state index in [2.05, 4.69) is 41.2 Å². The van der Waals surface area contributed by atoms with Gasteiger partial charge in [0.25, 0.3) is 0 Å². The molecule has 3 nitrogen and oxygen atoms in total. The highest BCUT2D eigenvalue weighted by molar-refractivity contribution is 5.61. The van der Waals surface area contributed by atoms with Crippen LogP contribution in [0.15, 0.2) is 73.3 Å². The number of hydrogen-bond acceptors (Lipinski definition) is 1. The highest BCUT2D eigenvalue weighted by Gasteiger charge is 2.07. The topological polar surface area (TPSA) is 33.8 Å². The fourth-order valence-electron chi connectivity index (χ4n) is 2.17. The number of aromatic nitrogens is 2. The molecule has 20 heavy (non-hydrogen) atoms. The molecule has 0 bridgehead atoms. The lowest BCUT2D eigenvalue weighted by molar-refractivity contribution is -0.671. The Morgan fingerprint density at radius 3 is 2.00 bits per heavy atom. The monoisotopic (exact) mass is 263 g/mol. The lowest BCUT2D eigenvalue weighted by Crippen LogP contribution is -2.29. The Kier molecular flexibility index (Phi) is 3.17. The lowest BCUT2D eigenvalue weighted by atomic mass is 10.1. The summed E-state index contributed by atoms with van der Waals surface area (Å²) in [5.41, 5.74) is 10.1. The van der Waals surface area contributed by atoms with Gasteiger partial charge in [0.05, 0.1) is 0 Å². The molecule has 0 aliphatic carbocycles. The van der Waals surface area contributed by atoms with Crippen LogP contribution in [0, 0.1) is 0 Å². The molecule has 0 amide bonds. The fraction of sp³-hybridized carbons (Fsp3) is 0.0588. The van der Waals surface area contributed by atoms with Crippen LogP contribution >= 0.6 is 0 Å². The SMILES string of the molecule is C[n+]1ccc(-c2cc[n+](-c3cccc(N)c3)cc2)cc1. The van der Waals surface area contributed by atoms with Crippen molar-refractivity contribution in [2.24, 2.45) is 7.05 Å². The Bertz CT molecular complexity index is 716. The van der Waals surface area contributed by atoms with E-state index in [9.17, 15) is 0 Å². The Hall–Kier alpha value is -2.68. The number of hydrogen-bond donors (Lipinski definition) is 1. The normalized spacial score (nSPS) is 10.4. The largest absolute Gasteiger partial charge is 0.399 e. The zero-order chi connectivity index (χ0) is 13.9. The minimum absolute atomic E-state index is 0.773. The third-order valence-electron chi connectivity index (χ3n) is 3.31. The number of anilines is 1. The molecule has 0 fully saturated rings. The van der Waals surface area contributed by atoms with Crippen molar-refractivity contribution in [3.8, 4) is 16.8 Å². The van der Waals surface area contributed by atoms with E-state index in [0.717, 1.165) is 11.4 Å². The van der Waals surface area contributed by atoms with E-state index in [1.807, 2.05) is 48.3 Å². The van der Waals surface area contributed by atoms with Gasteiger partial charge in [-0.05, 0) is 17.2 Å². The van der Waals surface area contributed by atoms with Crippen molar-refractivity contribution < 1.29 is 9.13 Å². The van der Waals surface area contributed by atoms with Gasteiger partial charge in [-0.25, -0.2) is 4.57 Å². The van der Waals surface area contributed by atoms with Crippen LogP contribution in [0.1, 0.15) is 0 Å². The molecule has 0 atom stereocenters. The Morgan fingerprint density at radius 1 is 0.800 bits per heavy atom. The maximum atomic E-state index is 5.82. The summed E-state index contributed by atoms with van der Waals surface area (Å²) < 4.78 is 4.09. The van der Waals surface area contributed by atoms with E-state index in [4.69, 9.17) is 5.73 Å². The Balaban J connectivity index is 1.93. The van der Waals surface area contributed by atoms with E-state index in [-0.39, 0.29) is 0 Å². The summed E-state index contributed by atoms with van der Waals surface area (Å²) in [5.74, 6) is 0. The second kappa shape index (κ2) is 5.13. The summed E-state index contributed by atoms with van der Waals surface area (Å²) in [6.45, 7) is 0. The van der Waals surface area contributed by atoms with Crippen molar-refractivity contribution in [2.45, 2.75) is 0 Å². The number of aryl methyl sites for hydroxylation is 1. The minimum atomic E-state index is 0.773. The zero-order valence-corrected chi connectivity index (χ0v) is 11.4. The van der Waals surface area contributed by atoms with Crippen molar-refractivity contribution in [3.63, 3.8) is 0 Å². The number of rotatable bonds is 2. The average Bonchev–Trinajstić information content (AvgIpc) is 2.48. The van der Waals surface area contributed by atoms with Crippen LogP contribution in [-0.2, 0) is 7.05 Å². The summed E-state index contributed by atoms with van der Waals surface area (Å²) in [7, 11) is 2.02. The molecule has 0 aliphatic heterocycles. The van der Waals surface area contributed by atoms with Crippen molar-refractivity contribution >= 4 is 5.69 Å². The summed E-state index contributed by atoms with van der Waals surface area (Å²) in [5, 5.41) is 0. The van der Waals surface area contributed by atoms with Gasteiger partial charge in [-0.1, -0.05) is 6.07 Å². The third-order valence-corrected chi connectivity index (χ3v) is 3.31. The van der Waals surface area contributed by atoms with Gasteiger partial charge in [0.2, 0.25) is 5.69 Å². The number of benzene rings is 1. The van der Waals surface area contributed by atoms with Crippen molar-refractivity contribution in [2.75, 3.05) is 5.73 Å². The predicted molar refractivity (Wildman–Crippen MR) is 79.0 cm³/mol. The highest BCUT2D eigenvalue weighted by atomic mass is 14.9. The van der Waals surface area contributed by atoms with Crippen LogP contribution in [0.25, 0.3) is 16.8 Å². The zero-order valence-electron chi connectivity index (χ0n) is 11.4. The summed E-state index contributed by atoms with van der Waals surface area (Å²) >= 11 is 0. The Morgan fingerprint density at radius 2 is 1.40 bits per heavy atom. The van der Waals surface area contributed by atoms with E-state index < -0.39 is 0 Å². The van der Waals surface area contributed by atoms with Crippen LogP contribution in [0.4, 0.5) is 5.69 Å². The van der Waals surface area contributed by atoms with Gasteiger partial charge in [0.15, 0.2) is 24.8 Å². The molecule has 0 spiro atoms. The average molecular weight is 263 g/mol. The number of nitrogen functional groups attached to an aromatic ring is 1. The molecule has 0 saturated heterocycles. The molecule has 1 aromatic carbocycles. The quantitative estimate of drug-likeness (QED) is 0.557. The molecule has 2 heterocycles. The summed E-state index contributed by atoms with van der Waals surface area (Å²) in [6, 6.07) is 16.3. The molecule has 0 aliphatic rings. The smallest absolute Gasteiger partial charge is 0.212 e. The molecular weight excluding hydrogens is 246 g/mol. The maximum absolute atomic E-state index is 5.82. The molecule has 0 radical (unpaired) electrons. The second-order valence-corrected chi connectivity index (χ2v) is 4.84. The van der Waals surface area contributed by atoms with E-state index >= 15 is 0 Å². The summed E-state index contributed by atoms with van der Waals surface area (Å²) in [6.07, 6.45) is 8.21. The minimum Gasteiger partial charge on any atom is -0.399 e. The van der Waals surface area contributed by atoms with Crippen molar-refractivity contribution in [3.05, 3.63) is 73.3 Å². The van der Waals surface area contributed by atoms with Gasteiger partial charge in [0.1, 0.15) is 7.05 Å². The van der Waals surface area contributed by atoms with Crippen molar-refractivity contribution in [1.82, 2.24) is 0 Å². The van der Waals surface area contributed by atoms with Crippen LogP contribution < -0.4 is 14.9 Å². The van der Waals surface area contributed by atoms with Gasteiger partial charge >= 0.3 is 0 Å². The fourth-order valence-corrected chi connectivity index (χ4v) is 2.17. The molecule has 2 aromatic heterocycles. The summed E-state index contributed by atoms with van der Waals surface area (Å²) in [4.78, 5) is 0. The van der Waals surface area contributed by atoms with Crippen LogP contribution in [0.3, 0.4) is 0 Å². The number of nitrogens with two attached hydrogens (primary N) is 1. The van der Waals surface area contributed by atoms with Crippen LogP contribution in [0.2, 0.25) is 0 Å². The first-order valence-electron chi connectivity index (χ1n) is 6.55. The molecule has 98 valence electrons. The Labute approximate surface area is 118 Å². The van der Waals surface area contributed by atoms with Crippen LogP contribution in [0.5, 0.6) is 0 Å². The first-order valence-corrected chi connectivity index (χ1v) is 6.55. The molecule has 3 aromatic rings. The lowest BCUT2D eigenvalue weighted by Gasteiger charge is -2.00. The maximum Gasteiger partial charge on any atom is 0.212 e. The molecule has 3 rings (SSSR count). The van der Waals surface area contributed by atoms with Gasteiger partial charge in [-0.3, -0.25) is 0 Å². The van der Waals surface area contributed by atoms with E-state index in [0.29, 0.717) is 0 Å². The van der Waals surface area contributed by atoms with Crippen molar-refractivity contribution in [1.29, 1.82) is 0 Å². The predicted octanol–water partition coefficient (Wildman–Crippen LogP) is 2.04. The molecule has 0 saturated carbocycles. The number of nitrogens with zero attached hydrogens (tertiary/aromatic N) is 2. The molecular formula is C17H17N3+2. The molecule has 3 heteroatoms. The molecule has 0 unspecified atom stereocenters. The third kappa shape index (κ3) is 2.52. The first kappa shape index (κ1) is 12.4. The first-order chi connectivity index (χ1) is 9.72. The van der Waals surface area contributed by atoms with E-state index in [1.165, 1.54) is 11.1 Å². The highest BCUT2D eigenvalue weighted by Crippen LogP contribution is 2.16. The van der Waals surface area contributed by atoms with Crippen LogP contribution in [-0.4, -0.2) is 0 Å². The number of pyridine rings is 2. The molecule has 2 N–H and O–H groups in total. The standard InChI is InChI=1S/C17H17N3/c1-19-9-5-14(6-10-19)15-7-11-20(12-8-15)17-4-2-3-16(18)13-17/h2-13H,18H2,1H3/q+2. The van der Waals surface area contributed by atoms with Gasteiger partial charge in [0, 0.05) is 42.1 Å². The van der Waals surface area contributed by atoms with E-state index in [1.54, 1.807) is 0 Å².